The summed E-state index contributed by atoms with van der Waals surface area (Å²) < 4.78 is 38.2. The van der Waals surface area contributed by atoms with Crippen molar-refractivity contribution in [2.45, 2.75) is 31.4 Å². The van der Waals surface area contributed by atoms with Crippen molar-refractivity contribution in [3.63, 3.8) is 0 Å². The van der Waals surface area contributed by atoms with Crippen molar-refractivity contribution in [2.75, 3.05) is 18.0 Å². The van der Waals surface area contributed by atoms with E-state index in [0.717, 1.165) is 41.5 Å². The van der Waals surface area contributed by atoms with E-state index in [1.54, 1.807) is 0 Å². The minimum absolute atomic E-state index is 0.0568. The molecule has 0 radical (unpaired) electrons. The topological polar surface area (TPSA) is 102 Å². The number of rotatable bonds is 2. The number of pyridine rings is 1. The molecule has 2 aliphatic rings. The van der Waals surface area contributed by atoms with Crippen molar-refractivity contribution < 1.29 is 18.3 Å². The van der Waals surface area contributed by atoms with Crippen molar-refractivity contribution in [3.8, 4) is 22.7 Å². The molecule has 4 bridgehead atoms. The molecule has 4 aromatic heterocycles. The Kier molecular flexibility index (Phi) is 6.21. The molecular formula is C32H26F2N8O2. The van der Waals surface area contributed by atoms with Crippen molar-refractivity contribution in [2.24, 2.45) is 0 Å². The highest BCUT2D eigenvalue weighted by atomic mass is 19.1. The van der Waals surface area contributed by atoms with E-state index < -0.39 is 17.7 Å². The summed E-state index contributed by atoms with van der Waals surface area (Å²) in [6, 6.07) is 16.7. The Morgan fingerprint density at radius 1 is 0.977 bits per heavy atom. The summed E-state index contributed by atoms with van der Waals surface area (Å²) in [6.07, 6.45) is 6.37. The van der Waals surface area contributed by atoms with E-state index in [4.69, 9.17) is 4.74 Å². The van der Waals surface area contributed by atoms with Crippen LogP contribution in [0.25, 0.3) is 33.6 Å². The Morgan fingerprint density at radius 3 is 2.80 bits per heavy atom. The van der Waals surface area contributed by atoms with Gasteiger partial charge in [-0.3, -0.25) is 9.20 Å². The molecule has 2 aromatic carbocycles. The van der Waals surface area contributed by atoms with Gasteiger partial charge >= 0.3 is 0 Å². The van der Waals surface area contributed by atoms with Gasteiger partial charge in [0.15, 0.2) is 11.5 Å². The number of amides is 1. The summed E-state index contributed by atoms with van der Waals surface area (Å²) in [5, 5.41) is 7.99. The van der Waals surface area contributed by atoms with Crippen LogP contribution in [0.2, 0.25) is 0 Å². The lowest BCUT2D eigenvalue weighted by atomic mass is 10.1. The number of hydrogen-bond donors (Lipinski definition) is 1. The number of nitrogens with zero attached hydrogens (tertiary/aromatic N) is 7. The summed E-state index contributed by atoms with van der Waals surface area (Å²) in [6.45, 7) is 0.866. The third-order valence-electron chi connectivity index (χ3n) is 8.26. The molecule has 8 rings (SSSR count). The predicted molar refractivity (Wildman–Crippen MR) is 159 cm³/mol. The van der Waals surface area contributed by atoms with Crippen LogP contribution in [0.3, 0.4) is 0 Å². The molecule has 6 aromatic rings. The zero-order chi connectivity index (χ0) is 29.8. The summed E-state index contributed by atoms with van der Waals surface area (Å²) in [5.41, 5.74) is 4.34. The standard InChI is InChI=1S/C32H26F2N8O2/c33-20-9-10-27(25(34)13-20)42-31-24(16-39-42)30(37-18-38-31)40-17-23-14-28(40)32(43)35-11-3-5-21-15-36-29-8-2-7-26(41(21)29)19-4-1-6-22(12-19)44-23/h1-2,4,6-10,12-13,15-16,18,23,28H,3,5,11,14,17H2,(H,35,43)/t23-,28-/m0/s1. The Morgan fingerprint density at radius 2 is 1.89 bits per heavy atom. The van der Waals surface area contributed by atoms with Crippen molar-refractivity contribution in [1.29, 1.82) is 0 Å². The molecule has 0 spiro atoms. The van der Waals surface area contributed by atoms with Crippen molar-refractivity contribution in [3.05, 3.63) is 96.7 Å². The molecule has 10 nitrogen and oxygen atoms in total. The molecular weight excluding hydrogens is 566 g/mol. The summed E-state index contributed by atoms with van der Waals surface area (Å²) in [5.74, 6) is -0.414. The molecule has 0 aliphatic carbocycles. The number of hydrogen-bond acceptors (Lipinski definition) is 7. The van der Waals surface area contributed by atoms with Crippen LogP contribution >= 0.6 is 0 Å². The van der Waals surface area contributed by atoms with E-state index >= 15 is 0 Å². The Hall–Kier alpha value is -5.39. The number of nitrogens with one attached hydrogen (secondary N) is 1. The van der Waals surface area contributed by atoms with E-state index in [2.05, 4.69) is 41.9 Å². The first-order chi connectivity index (χ1) is 21.5. The molecule has 1 saturated heterocycles. The second kappa shape index (κ2) is 10.4. The fraction of sp³-hybridized carbons (Fsp3) is 0.219. The third kappa shape index (κ3) is 4.41. The van der Waals surface area contributed by atoms with Gasteiger partial charge in [-0.2, -0.15) is 5.10 Å². The second-order valence-corrected chi connectivity index (χ2v) is 11.0. The normalized spacial score (nSPS) is 18.6. The number of anilines is 1. The van der Waals surface area contributed by atoms with Gasteiger partial charge < -0.3 is 15.0 Å². The van der Waals surface area contributed by atoms with Crippen LogP contribution in [0, 0.1) is 11.6 Å². The van der Waals surface area contributed by atoms with Crippen LogP contribution in [-0.4, -0.2) is 60.3 Å². The van der Waals surface area contributed by atoms with Crippen molar-refractivity contribution >= 4 is 28.4 Å². The number of halogens is 2. The molecule has 6 heterocycles. The number of carbonyl (C=O) groups is 1. The predicted octanol–water partition coefficient (Wildman–Crippen LogP) is 4.50. The second-order valence-electron chi connectivity index (χ2n) is 11.0. The molecule has 0 unspecified atom stereocenters. The molecule has 44 heavy (non-hydrogen) atoms. The monoisotopic (exact) mass is 592 g/mol. The Balaban J connectivity index is 1.17. The fourth-order valence-electron chi connectivity index (χ4n) is 6.28. The minimum atomic E-state index is -0.767. The number of aryl methyl sites for hydroxylation is 1. The van der Waals surface area contributed by atoms with Crippen molar-refractivity contribution in [1.82, 2.24) is 34.4 Å². The van der Waals surface area contributed by atoms with Gasteiger partial charge in [0.1, 0.15) is 47.2 Å². The maximum absolute atomic E-state index is 14.7. The quantitative estimate of drug-likeness (QED) is 0.316. The largest absolute Gasteiger partial charge is 0.488 e. The summed E-state index contributed by atoms with van der Waals surface area (Å²) in [7, 11) is 0. The van der Waals surface area contributed by atoms with E-state index in [-0.39, 0.29) is 17.7 Å². The van der Waals surface area contributed by atoms with Gasteiger partial charge in [-0.1, -0.05) is 18.2 Å². The van der Waals surface area contributed by atoms with Crippen LogP contribution in [0.5, 0.6) is 5.75 Å². The van der Waals surface area contributed by atoms with E-state index in [0.29, 0.717) is 42.1 Å². The number of ether oxygens (including phenoxy) is 1. The Bertz CT molecular complexity index is 2060. The molecule has 2 aliphatic heterocycles. The van der Waals surface area contributed by atoms with Gasteiger partial charge in [-0.05, 0) is 49.2 Å². The van der Waals surface area contributed by atoms with Gasteiger partial charge in [0.25, 0.3) is 0 Å². The average Bonchev–Trinajstić information content (AvgIpc) is 3.76. The molecule has 220 valence electrons. The lowest BCUT2D eigenvalue weighted by molar-refractivity contribution is -0.122. The zero-order valence-electron chi connectivity index (χ0n) is 23.4. The zero-order valence-corrected chi connectivity index (χ0v) is 23.4. The van der Waals surface area contributed by atoms with Gasteiger partial charge in [0.2, 0.25) is 5.91 Å². The molecule has 1 N–H and O–H groups in total. The number of imidazole rings is 1. The first-order valence-corrected chi connectivity index (χ1v) is 14.4. The maximum Gasteiger partial charge on any atom is 0.242 e. The fourth-order valence-corrected chi connectivity index (χ4v) is 6.28. The van der Waals surface area contributed by atoms with Gasteiger partial charge in [-0.15, -0.1) is 0 Å². The van der Waals surface area contributed by atoms with Gasteiger partial charge in [0.05, 0.1) is 23.8 Å². The first kappa shape index (κ1) is 26.3. The number of carbonyl (C=O) groups excluding carboxylic acids is 1. The van der Waals surface area contributed by atoms with Crippen LogP contribution in [0.1, 0.15) is 18.5 Å². The lowest BCUT2D eigenvalue weighted by Crippen LogP contribution is -2.44. The van der Waals surface area contributed by atoms with E-state index in [9.17, 15) is 13.6 Å². The van der Waals surface area contributed by atoms with Crippen LogP contribution in [0.4, 0.5) is 14.6 Å². The number of benzene rings is 2. The van der Waals surface area contributed by atoms with Gasteiger partial charge in [0, 0.05) is 36.5 Å². The molecule has 0 saturated carbocycles. The average molecular weight is 593 g/mol. The minimum Gasteiger partial charge on any atom is -0.488 e. The van der Waals surface area contributed by atoms with Crippen LogP contribution in [-0.2, 0) is 11.2 Å². The first-order valence-electron chi connectivity index (χ1n) is 14.4. The van der Waals surface area contributed by atoms with E-state index in [1.165, 1.54) is 29.3 Å². The molecule has 12 heteroatoms. The smallest absolute Gasteiger partial charge is 0.242 e. The SMILES string of the molecule is O=C1NCCCc2cnc3cccc(n23)-c2cccc(c2)O[C@H]2C[C@@H]1N(c1ncnc3c1cnn3-c1ccc(F)cc1F)C2. The maximum atomic E-state index is 14.7. The summed E-state index contributed by atoms with van der Waals surface area (Å²) in [4.78, 5) is 29.1. The van der Waals surface area contributed by atoms with E-state index in [1.807, 2.05) is 41.4 Å². The highest BCUT2D eigenvalue weighted by Crippen LogP contribution is 2.34. The molecule has 2 atom stereocenters. The summed E-state index contributed by atoms with van der Waals surface area (Å²) >= 11 is 0. The third-order valence-corrected chi connectivity index (χ3v) is 8.26. The molecule has 1 amide bonds. The Labute approximate surface area is 249 Å². The molecule has 1 fully saturated rings. The number of fused-ring (bicyclic) bond motifs is 6. The van der Waals surface area contributed by atoms with Gasteiger partial charge in [-0.25, -0.2) is 28.4 Å². The highest BCUT2D eigenvalue weighted by Gasteiger charge is 2.40. The highest BCUT2D eigenvalue weighted by molar-refractivity contribution is 5.92. The van der Waals surface area contributed by atoms with Crippen LogP contribution in [0.15, 0.2) is 79.4 Å². The van der Waals surface area contributed by atoms with Crippen LogP contribution < -0.4 is 15.0 Å². The number of aromatic nitrogens is 6. The lowest BCUT2D eigenvalue weighted by Gasteiger charge is -2.25.